The van der Waals surface area contributed by atoms with Crippen molar-refractivity contribution in [2.75, 3.05) is 18.4 Å². The first-order valence-corrected chi connectivity index (χ1v) is 8.21. The Bertz CT molecular complexity index is 578. The smallest absolute Gasteiger partial charge is 0.253 e. The molecule has 5 nitrogen and oxygen atoms in total. The lowest BCUT2D eigenvalue weighted by molar-refractivity contribution is -0.123. The molecule has 0 bridgehead atoms. The quantitative estimate of drug-likeness (QED) is 0.802. The second kappa shape index (κ2) is 7.13. The van der Waals surface area contributed by atoms with Gasteiger partial charge in [0, 0.05) is 18.0 Å². The zero-order valence-corrected chi connectivity index (χ0v) is 14.4. The molecule has 1 aliphatic rings. The summed E-state index contributed by atoms with van der Waals surface area (Å²) in [5.74, 6) is 0.192. The summed E-state index contributed by atoms with van der Waals surface area (Å²) in [6.45, 7) is 9.47. The molecule has 2 rings (SSSR count). The normalized spacial score (nSPS) is 21.6. The molecule has 5 heteroatoms. The van der Waals surface area contributed by atoms with Crippen LogP contribution in [0.2, 0.25) is 0 Å². The number of carbonyl (C=O) groups is 2. The molecule has 1 aromatic rings. The molecule has 1 aromatic carbocycles. The monoisotopic (exact) mass is 317 g/mol. The van der Waals surface area contributed by atoms with E-state index in [1.165, 1.54) is 0 Å². The van der Waals surface area contributed by atoms with Crippen molar-refractivity contribution in [2.24, 2.45) is 11.3 Å². The number of para-hydroxylation sites is 1. The Balaban J connectivity index is 2.12. The molecule has 0 aliphatic carbocycles. The van der Waals surface area contributed by atoms with Crippen molar-refractivity contribution in [1.29, 1.82) is 0 Å². The maximum atomic E-state index is 12.6. The van der Waals surface area contributed by atoms with E-state index < -0.39 is 5.41 Å². The van der Waals surface area contributed by atoms with Crippen LogP contribution in [-0.4, -0.2) is 30.9 Å². The molecular formula is C18H27N3O2. The average molecular weight is 317 g/mol. The summed E-state index contributed by atoms with van der Waals surface area (Å²) < 4.78 is 0. The van der Waals surface area contributed by atoms with Gasteiger partial charge in [-0.3, -0.25) is 9.59 Å². The minimum atomic E-state index is -0.509. The number of rotatable bonds is 3. The number of anilines is 1. The first-order valence-electron chi connectivity index (χ1n) is 8.21. The Morgan fingerprint density at radius 3 is 2.57 bits per heavy atom. The fraction of sp³-hybridized carbons (Fsp3) is 0.556. The first kappa shape index (κ1) is 17.5. The van der Waals surface area contributed by atoms with Gasteiger partial charge in [-0.2, -0.15) is 0 Å². The second-order valence-corrected chi connectivity index (χ2v) is 7.30. The Kier molecular flexibility index (Phi) is 5.42. The van der Waals surface area contributed by atoms with Gasteiger partial charge in [-0.25, -0.2) is 0 Å². The van der Waals surface area contributed by atoms with Crippen LogP contribution in [0.3, 0.4) is 0 Å². The van der Waals surface area contributed by atoms with Gasteiger partial charge in [-0.1, -0.05) is 39.8 Å². The highest BCUT2D eigenvalue weighted by Crippen LogP contribution is 2.21. The van der Waals surface area contributed by atoms with Crippen LogP contribution in [0.4, 0.5) is 5.69 Å². The molecule has 0 spiro atoms. The lowest BCUT2D eigenvalue weighted by Crippen LogP contribution is -2.50. The molecule has 0 radical (unpaired) electrons. The average Bonchev–Trinajstić information content (AvgIpc) is 2.49. The summed E-state index contributed by atoms with van der Waals surface area (Å²) in [4.78, 5) is 24.8. The number of hydrogen-bond donors (Lipinski definition) is 3. The standard InChI is InChI=1S/C18H27N3O2/c1-12-9-10-19-11-15(12)20-16(22)13-7-5-6-8-14(13)21-17(23)18(2,3)4/h5-8,12,15,19H,9-11H2,1-4H3,(H,20,22)(H,21,23). The summed E-state index contributed by atoms with van der Waals surface area (Å²) in [6, 6.07) is 7.25. The van der Waals surface area contributed by atoms with Crippen LogP contribution in [0.5, 0.6) is 0 Å². The molecule has 0 saturated carbocycles. The van der Waals surface area contributed by atoms with E-state index in [1.54, 1.807) is 12.1 Å². The van der Waals surface area contributed by atoms with E-state index in [1.807, 2.05) is 32.9 Å². The predicted octanol–water partition coefficient (Wildman–Crippen LogP) is 2.40. The molecule has 1 aliphatic heterocycles. The van der Waals surface area contributed by atoms with Crippen LogP contribution < -0.4 is 16.0 Å². The van der Waals surface area contributed by atoms with Crippen molar-refractivity contribution in [3.05, 3.63) is 29.8 Å². The van der Waals surface area contributed by atoms with Crippen molar-refractivity contribution >= 4 is 17.5 Å². The van der Waals surface area contributed by atoms with Crippen LogP contribution >= 0.6 is 0 Å². The number of nitrogens with one attached hydrogen (secondary N) is 3. The van der Waals surface area contributed by atoms with Crippen molar-refractivity contribution in [3.8, 4) is 0 Å². The van der Waals surface area contributed by atoms with Crippen molar-refractivity contribution in [1.82, 2.24) is 10.6 Å². The lowest BCUT2D eigenvalue weighted by atomic mass is 9.94. The van der Waals surface area contributed by atoms with E-state index in [4.69, 9.17) is 0 Å². The first-order chi connectivity index (χ1) is 10.8. The van der Waals surface area contributed by atoms with Crippen molar-refractivity contribution < 1.29 is 9.59 Å². The summed E-state index contributed by atoms with van der Waals surface area (Å²) in [7, 11) is 0. The minimum absolute atomic E-state index is 0.106. The van der Waals surface area contributed by atoms with Gasteiger partial charge in [0.1, 0.15) is 0 Å². The van der Waals surface area contributed by atoms with E-state index in [-0.39, 0.29) is 17.9 Å². The Morgan fingerprint density at radius 1 is 1.22 bits per heavy atom. The third-order valence-corrected chi connectivity index (χ3v) is 4.25. The van der Waals surface area contributed by atoms with Gasteiger partial charge < -0.3 is 16.0 Å². The SMILES string of the molecule is CC1CCNCC1NC(=O)c1ccccc1NC(=O)C(C)(C)C. The van der Waals surface area contributed by atoms with E-state index >= 15 is 0 Å². The zero-order valence-electron chi connectivity index (χ0n) is 14.4. The molecule has 2 atom stereocenters. The van der Waals surface area contributed by atoms with Gasteiger partial charge in [0.05, 0.1) is 11.3 Å². The largest absolute Gasteiger partial charge is 0.348 e. The zero-order chi connectivity index (χ0) is 17.0. The molecule has 1 fully saturated rings. The Labute approximate surface area is 138 Å². The van der Waals surface area contributed by atoms with Crippen LogP contribution in [0, 0.1) is 11.3 Å². The molecular weight excluding hydrogens is 290 g/mol. The molecule has 2 unspecified atom stereocenters. The Hall–Kier alpha value is -1.88. The summed E-state index contributed by atoms with van der Waals surface area (Å²) in [5, 5.41) is 9.25. The third kappa shape index (κ3) is 4.55. The van der Waals surface area contributed by atoms with Crippen LogP contribution in [0.15, 0.2) is 24.3 Å². The second-order valence-electron chi connectivity index (χ2n) is 7.30. The van der Waals surface area contributed by atoms with Crippen LogP contribution in [0.1, 0.15) is 44.5 Å². The summed E-state index contributed by atoms with van der Waals surface area (Å²) >= 11 is 0. The van der Waals surface area contributed by atoms with Gasteiger partial charge in [0.2, 0.25) is 5.91 Å². The molecule has 2 amide bonds. The van der Waals surface area contributed by atoms with Crippen LogP contribution in [-0.2, 0) is 4.79 Å². The van der Waals surface area contributed by atoms with Crippen LogP contribution in [0.25, 0.3) is 0 Å². The van der Waals surface area contributed by atoms with Crippen molar-refractivity contribution in [2.45, 2.75) is 40.2 Å². The lowest BCUT2D eigenvalue weighted by Gasteiger charge is -2.30. The van der Waals surface area contributed by atoms with Gasteiger partial charge in [-0.05, 0) is 31.0 Å². The fourth-order valence-corrected chi connectivity index (χ4v) is 2.53. The highest BCUT2D eigenvalue weighted by molar-refractivity contribution is 6.04. The molecule has 1 saturated heterocycles. The topological polar surface area (TPSA) is 70.2 Å². The van der Waals surface area contributed by atoms with Gasteiger partial charge in [-0.15, -0.1) is 0 Å². The fourth-order valence-electron chi connectivity index (χ4n) is 2.53. The van der Waals surface area contributed by atoms with E-state index in [2.05, 4.69) is 22.9 Å². The number of carbonyl (C=O) groups excluding carboxylic acids is 2. The Morgan fingerprint density at radius 2 is 1.91 bits per heavy atom. The molecule has 0 aromatic heterocycles. The molecule has 3 N–H and O–H groups in total. The summed E-state index contributed by atoms with van der Waals surface area (Å²) in [5.41, 5.74) is 0.551. The van der Waals surface area contributed by atoms with Crippen molar-refractivity contribution in [3.63, 3.8) is 0 Å². The van der Waals surface area contributed by atoms with Gasteiger partial charge in [0.25, 0.3) is 5.91 Å². The van der Waals surface area contributed by atoms with E-state index in [0.717, 1.165) is 19.5 Å². The predicted molar refractivity (Wildman–Crippen MR) is 92.4 cm³/mol. The number of benzene rings is 1. The highest BCUT2D eigenvalue weighted by Gasteiger charge is 2.26. The molecule has 23 heavy (non-hydrogen) atoms. The molecule has 1 heterocycles. The minimum Gasteiger partial charge on any atom is -0.348 e. The summed E-state index contributed by atoms with van der Waals surface area (Å²) in [6.07, 6.45) is 1.05. The van der Waals surface area contributed by atoms with E-state index in [0.29, 0.717) is 17.2 Å². The number of amides is 2. The maximum Gasteiger partial charge on any atom is 0.253 e. The number of hydrogen-bond acceptors (Lipinski definition) is 3. The van der Waals surface area contributed by atoms with Gasteiger partial charge in [0.15, 0.2) is 0 Å². The molecule has 126 valence electrons. The maximum absolute atomic E-state index is 12.6. The third-order valence-electron chi connectivity index (χ3n) is 4.25. The van der Waals surface area contributed by atoms with E-state index in [9.17, 15) is 9.59 Å². The van der Waals surface area contributed by atoms with Gasteiger partial charge >= 0.3 is 0 Å². The number of piperidine rings is 1. The highest BCUT2D eigenvalue weighted by atomic mass is 16.2.